The molecule has 0 aromatic heterocycles. The molecule has 1 atom stereocenters. The fraction of sp³-hybridized carbons (Fsp3) is 0.500. The second kappa shape index (κ2) is 8.29. The molecule has 0 aliphatic heterocycles. The number of ether oxygens (including phenoxy) is 1. The summed E-state index contributed by atoms with van der Waals surface area (Å²) in [7, 11) is 3.48. The molecule has 2 N–H and O–H groups in total. The molecular formula is C4H9BN3O3P. The first-order valence-electron chi connectivity index (χ1n) is 3.09. The van der Waals surface area contributed by atoms with E-state index in [2.05, 4.69) is 23.9 Å². The molecular weight excluding hydrogens is 180 g/mol. The number of hydrogen-bond donors (Lipinski definition) is 2. The molecule has 8 heteroatoms. The summed E-state index contributed by atoms with van der Waals surface area (Å²) >= 11 is 0. The van der Waals surface area contributed by atoms with Crippen LogP contribution in [0.5, 0.6) is 0 Å². The Morgan fingerprint density at radius 2 is 2.58 bits per heavy atom. The summed E-state index contributed by atoms with van der Waals surface area (Å²) in [4.78, 5) is 10.6. The molecule has 0 spiro atoms. The third-order valence-electron chi connectivity index (χ3n) is 0.708. The molecule has 0 rings (SSSR count). The molecule has 0 bridgehead atoms. The van der Waals surface area contributed by atoms with E-state index in [1.54, 1.807) is 0 Å². The van der Waals surface area contributed by atoms with Crippen LogP contribution in [0, 0.1) is 0 Å². The van der Waals surface area contributed by atoms with E-state index in [0.717, 1.165) is 0 Å². The Morgan fingerprint density at radius 1 is 1.83 bits per heavy atom. The zero-order valence-electron chi connectivity index (χ0n) is 6.30. The summed E-state index contributed by atoms with van der Waals surface area (Å²) in [6.07, 6.45) is 0.574. The van der Waals surface area contributed by atoms with Gasteiger partial charge in [0.2, 0.25) is 0 Å². The topological polar surface area (TPSA) is 83.3 Å². The van der Waals surface area contributed by atoms with Gasteiger partial charge in [0, 0.05) is 0 Å². The van der Waals surface area contributed by atoms with Crippen molar-refractivity contribution < 1.29 is 14.6 Å². The van der Waals surface area contributed by atoms with Crippen molar-refractivity contribution in [3.8, 4) is 0 Å². The van der Waals surface area contributed by atoms with Crippen LogP contribution < -0.4 is 5.43 Å². The van der Waals surface area contributed by atoms with Crippen LogP contribution in [0.3, 0.4) is 0 Å². The van der Waals surface area contributed by atoms with Gasteiger partial charge in [-0.25, -0.2) is 0 Å². The summed E-state index contributed by atoms with van der Waals surface area (Å²) in [6.45, 7) is -0.247. The minimum absolute atomic E-state index is 0.0426. The quantitative estimate of drug-likeness (QED) is 0.266. The Hall–Kier alpha value is -0.805. The van der Waals surface area contributed by atoms with E-state index in [9.17, 15) is 4.79 Å². The maximum absolute atomic E-state index is 10.6. The van der Waals surface area contributed by atoms with E-state index < -0.39 is 6.09 Å². The first kappa shape index (κ1) is 11.2. The van der Waals surface area contributed by atoms with Crippen LogP contribution in [0.4, 0.5) is 4.79 Å². The van der Waals surface area contributed by atoms with Gasteiger partial charge in [0.1, 0.15) is 0 Å². The summed E-state index contributed by atoms with van der Waals surface area (Å²) in [5, 5.41) is 11.7. The van der Waals surface area contributed by atoms with Gasteiger partial charge in [0.15, 0.2) is 0 Å². The third kappa shape index (κ3) is 7.30. The molecule has 0 saturated carbocycles. The summed E-state index contributed by atoms with van der Waals surface area (Å²) in [5.74, 6) is 0. The van der Waals surface area contributed by atoms with Crippen molar-refractivity contribution in [1.82, 2.24) is 5.43 Å². The number of aliphatic hydroxyl groups is 1. The summed E-state index contributed by atoms with van der Waals surface area (Å²) < 4.78 is 7.91. The molecule has 66 valence electrons. The van der Waals surface area contributed by atoms with Crippen LogP contribution in [-0.2, 0) is 4.74 Å². The van der Waals surface area contributed by atoms with Crippen LogP contribution in [0.25, 0.3) is 0 Å². The number of hydrogen-bond acceptors (Lipinski definition) is 5. The molecule has 0 heterocycles. The number of nitrogens with one attached hydrogen (secondary N) is 1. The molecule has 0 fully saturated rings. The number of amides is 1. The standard InChI is InChI=1S/C4H9BN3O3P/c9-1-2-11-4(10)7-6-3-5-8-12/h3,9H,1-2,12H2,(H,7,10). The monoisotopic (exact) mass is 189 g/mol. The molecule has 0 saturated heterocycles. The van der Waals surface area contributed by atoms with Gasteiger partial charge >= 0.3 is 71.7 Å². The second-order valence-corrected chi connectivity index (χ2v) is 1.85. The second-order valence-electron chi connectivity index (χ2n) is 1.55. The van der Waals surface area contributed by atoms with Crippen LogP contribution in [0.2, 0.25) is 0 Å². The van der Waals surface area contributed by atoms with Gasteiger partial charge in [-0.1, -0.05) is 0 Å². The van der Waals surface area contributed by atoms with Crippen molar-refractivity contribution in [3.05, 3.63) is 0 Å². The van der Waals surface area contributed by atoms with E-state index in [1.165, 1.54) is 13.2 Å². The number of carbonyl (C=O) groups is 1. The van der Waals surface area contributed by atoms with Gasteiger partial charge in [0.05, 0.1) is 0 Å². The van der Waals surface area contributed by atoms with E-state index in [-0.39, 0.29) is 13.2 Å². The molecule has 12 heavy (non-hydrogen) atoms. The first-order chi connectivity index (χ1) is 5.81. The fourth-order valence-electron chi connectivity index (χ4n) is 0.332. The fourth-order valence-corrected chi connectivity index (χ4v) is 0.409. The van der Waals surface area contributed by atoms with Crippen LogP contribution >= 0.6 is 9.39 Å². The first-order valence-corrected chi connectivity index (χ1v) is 3.61. The van der Waals surface area contributed by atoms with E-state index in [0.29, 0.717) is 0 Å². The average Bonchev–Trinajstić information content (AvgIpc) is 2.09. The third-order valence-corrected chi connectivity index (χ3v) is 0.880. The Kier molecular flexibility index (Phi) is 7.74. The normalized spacial score (nSPS) is 10.2. The Balaban J connectivity index is 3.43. The molecule has 0 aromatic carbocycles. The van der Waals surface area contributed by atoms with Gasteiger partial charge in [0.25, 0.3) is 0 Å². The van der Waals surface area contributed by atoms with Crippen molar-refractivity contribution in [3.63, 3.8) is 0 Å². The predicted octanol–water partition coefficient (Wildman–Crippen LogP) is -0.674. The Morgan fingerprint density at radius 3 is 3.17 bits per heavy atom. The molecule has 1 amide bonds. The van der Waals surface area contributed by atoms with Crippen molar-refractivity contribution in [1.29, 1.82) is 0 Å². The Labute approximate surface area is 72.6 Å². The Bertz CT molecular complexity index is 186. The van der Waals surface area contributed by atoms with E-state index >= 15 is 0 Å². The average molecular weight is 189 g/mol. The zero-order valence-corrected chi connectivity index (χ0v) is 7.46. The zero-order chi connectivity index (χ0) is 9.23. The molecule has 0 radical (unpaired) electrons. The van der Waals surface area contributed by atoms with Gasteiger partial charge < -0.3 is 0 Å². The number of nitrogens with zero attached hydrogens (tertiary/aromatic N) is 2. The van der Waals surface area contributed by atoms with Crippen LogP contribution in [0.15, 0.2) is 9.77 Å². The molecule has 0 aliphatic carbocycles. The molecule has 0 aliphatic rings. The predicted molar refractivity (Wildman–Crippen MR) is 48.0 cm³/mol. The minimum atomic E-state index is -0.711. The van der Waals surface area contributed by atoms with Gasteiger partial charge in [-0.2, -0.15) is 0 Å². The molecule has 1 unspecified atom stereocenters. The van der Waals surface area contributed by atoms with Gasteiger partial charge in [-0.3, -0.25) is 0 Å². The van der Waals surface area contributed by atoms with Crippen molar-refractivity contribution in [2.75, 3.05) is 13.2 Å². The molecule has 0 aromatic rings. The molecule has 6 nitrogen and oxygen atoms in total. The number of carbonyl (C=O) groups excluding carboxylic acids is 1. The summed E-state index contributed by atoms with van der Waals surface area (Å²) in [5.41, 5.74) is 2.05. The number of rotatable bonds is 4. The van der Waals surface area contributed by atoms with Crippen molar-refractivity contribution in [2.24, 2.45) is 9.77 Å². The van der Waals surface area contributed by atoms with Crippen LogP contribution in [0.1, 0.15) is 0 Å². The number of aliphatic hydroxyl groups excluding tert-OH is 1. The summed E-state index contributed by atoms with van der Waals surface area (Å²) in [6, 6.07) is 0. The van der Waals surface area contributed by atoms with Crippen molar-refractivity contribution in [2.45, 2.75) is 0 Å². The van der Waals surface area contributed by atoms with E-state index in [4.69, 9.17) is 5.11 Å². The maximum atomic E-state index is 10.6. The van der Waals surface area contributed by atoms with Crippen molar-refractivity contribution >= 4 is 28.7 Å². The van der Waals surface area contributed by atoms with Gasteiger partial charge in [-0.05, 0) is 0 Å². The van der Waals surface area contributed by atoms with Gasteiger partial charge in [-0.15, -0.1) is 0 Å². The number of hydrazone groups is 1. The van der Waals surface area contributed by atoms with E-state index in [1.807, 2.05) is 5.43 Å². The SMILES string of the molecule is O=C(NN=C/B=N/P)OCCO. The van der Waals surface area contributed by atoms with Crippen LogP contribution in [-0.4, -0.2) is 37.6 Å².